The van der Waals surface area contributed by atoms with Crippen LogP contribution < -0.4 is 4.74 Å². The fraction of sp³-hybridized carbons (Fsp3) is 0.500. The second-order valence-corrected chi connectivity index (χ2v) is 5.34. The van der Waals surface area contributed by atoms with Gasteiger partial charge in [-0.15, -0.1) is 0 Å². The number of hydrogen-bond donors (Lipinski definition) is 1. The van der Waals surface area contributed by atoms with Crippen LogP contribution in [0, 0.1) is 5.92 Å². The van der Waals surface area contributed by atoms with E-state index in [-0.39, 0.29) is 0 Å². The second kappa shape index (κ2) is 6.73. The minimum Gasteiger partial charge on any atom is -0.497 e. The number of benzene rings is 1. The summed E-state index contributed by atoms with van der Waals surface area (Å²) in [4.78, 5) is 2.41. The Morgan fingerprint density at radius 3 is 2.74 bits per heavy atom. The largest absolute Gasteiger partial charge is 0.497 e. The molecular formula is C16H23NO2. The molecule has 19 heavy (non-hydrogen) atoms. The van der Waals surface area contributed by atoms with Gasteiger partial charge in [0, 0.05) is 19.7 Å². The molecular weight excluding hydrogens is 238 g/mol. The zero-order valence-corrected chi connectivity index (χ0v) is 11.8. The molecule has 1 heterocycles. The van der Waals surface area contributed by atoms with E-state index in [1.807, 2.05) is 12.1 Å². The molecule has 1 aromatic rings. The van der Waals surface area contributed by atoms with E-state index in [1.54, 1.807) is 7.11 Å². The number of rotatable bonds is 5. The topological polar surface area (TPSA) is 32.7 Å². The van der Waals surface area contributed by atoms with E-state index < -0.39 is 0 Å². The maximum atomic E-state index is 9.15. The molecule has 0 radical (unpaired) electrons. The highest BCUT2D eigenvalue weighted by molar-refractivity contribution is 5.53. The van der Waals surface area contributed by atoms with Crippen molar-refractivity contribution in [3.63, 3.8) is 0 Å². The molecule has 104 valence electrons. The smallest absolute Gasteiger partial charge is 0.118 e. The molecule has 1 unspecified atom stereocenters. The number of ether oxygens (including phenoxy) is 1. The molecule has 1 aromatic carbocycles. The van der Waals surface area contributed by atoms with Gasteiger partial charge < -0.3 is 9.84 Å². The summed E-state index contributed by atoms with van der Waals surface area (Å²) in [5.41, 5.74) is 2.56. The third kappa shape index (κ3) is 4.08. The van der Waals surface area contributed by atoms with Crippen LogP contribution >= 0.6 is 0 Å². The van der Waals surface area contributed by atoms with Gasteiger partial charge in [0.05, 0.1) is 7.11 Å². The third-order valence-electron chi connectivity index (χ3n) is 3.63. The van der Waals surface area contributed by atoms with Crippen LogP contribution in [-0.2, 0) is 0 Å². The highest BCUT2D eigenvalue weighted by Crippen LogP contribution is 2.18. The molecule has 2 rings (SSSR count). The van der Waals surface area contributed by atoms with Crippen LogP contribution in [0.5, 0.6) is 5.75 Å². The van der Waals surface area contributed by atoms with Crippen molar-refractivity contribution in [1.29, 1.82) is 0 Å². The zero-order valence-electron chi connectivity index (χ0n) is 11.8. The first kappa shape index (κ1) is 14.1. The van der Waals surface area contributed by atoms with Crippen molar-refractivity contribution in [2.45, 2.75) is 13.3 Å². The van der Waals surface area contributed by atoms with Crippen LogP contribution in [0.25, 0.3) is 6.08 Å². The summed E-state index contributed by atoms with van der Waals surface area (Å²) in [6, 6.07) is 8.11. The predicted molar refractivity (Wildman–Crippen MR) is 78.3 cm³/mol. The number of aliphatic hydroxyl groups is 1. The zero-order chi connectivity index (χ0) is 13.7. The monoisotopic (exact) mass is 261 g/mol. The van der Waals surface area contributed by atoms with Gasteiger partial charge in [-0.2, -0.15) is 0 Å². The Labute approximate surface area is 115 Å². The fourth-order valence-electron chi connectivity index (χ4n) is 2.59. The van der Waals surface area contributed by atoms with Crippen molar-refractivity contribution in [2.24, 2.45) is 5.92 Å². The highest BCUT2D eigenvalue weighted by atomic mass is 16.5. The minimum absolute atomic E-state index is 0.317. The lowest BCUT2D eigenvalue weighted by atomic mass is 10.1. The van der Waals surface area contributed by atoms with Crippen LogP contribution in [0.3, 0.4) is 0 Å². The lowest BCUT2D eigenvalue weighted by molar-refractivity contribution is 0.224. The molecule has 1 N–H and O–H groups in total. The molecule has 0 aromatic heterocycles. The standard InChI is InChI=1S/C16H23NO2/c1-13(10-17-8-7-15(11-17)12-18)9-14-3-5-16(19-2)6-4-14/h3-6,9,15,18H,7-8,10-12H2,1-2H3/b13-9-. The molecule has 1 fully saturated rings. The van der Waals surface area contributed by atoms with Crippen LogP contribution in [0.15, 0.2) is 29.8 Å². The van der Waals surface area contributed by atoms with Gasteiger partial charge in [-0.25, -0.2) is 0 Å². The van der Waals surface area contributed by atoms with Crippen molar-refractivity contribution in [3.8, 4) is 5.75 Å². The fourth-order valence-corrected chi connectivity index (χ4v) is 2.59. The van der Waals surface area contributed by atoms with E-state index in [0.29, 0.717) is 12.5 Å². The van der Waals surface area contributed by atoms with Gasteiger partial charge in [0.15, 0.2) is 0 Å². The summed E-state index contributed by atoms with van der Waals surface area (Å²) >= 11 is 0. The summed E-state index contributed by atoms with van der Waals surface area (Å²) in [5, 5.41) is 9.15. The third-order valence-corrected chi connectivity index (χ3v) is 3.63. The Morgan fingerprint density at radius 1 is 1.42 bits per heavy atom. The van der Waals surface area contributed by atoms with E-state index in [9.17, 15) is 0 Å². The van der Waals surface area contributed by atoms with Gasteiger partial charge in [-0.05, 0) is 43.5 Å². The Kier molecular flexibility index (Phi) is 5.00. The number of methoxy groups -OCH3 is 1. The Morgan fingerprint density at radius 2 is 2.16 bits per heavy atom. The van der Waals surface area contributed by atoms with Gasteiger partial charge in [-0.3, -0.25) is 4.90 Å². The maximum absolute atomic E-state index is 9.15. The lowest BCUT2D eigenvalue weighted by Gasteiger charge is -2.15. The van der Waals surface area contributed by atoms with Gasteiger partial charge in [0.2, 0.25) is 0 Å². The van der Waals surface area contributed by atoms with E-state index in [1.165, 1.54) is 11.1 Å². The molecule has 0 saturated carbocycles. The van der Waals surface area contributed by atoms with E-state index in [0.717, 1.165) is 31.8 Å². The molecule has 0 spiro atoms. The average Bonchev–Trinajstić information content (AvgIpc) is 2.87. The first-order chi connectivity index (χ1) is 9.21. The lowest BCUT2D eigenvalue weighted by Crippen LogP contribution is -2.23. The molecule has 3 nitrogen and oxygen atoms in total. The van der Waals surface area contributed by atoms with Crippen molar-refractivity contribution in [3.05, 3.63) is 35.4 Å². The first-order valence-electron chi connectivity index (χ1n) is 6.85. The van der Waals surface area contributed by atoms with E-state index in [2.05, 4.69) is 30.0 Å². The van der Waals surface area contributed by atoms with Gasteiger partial charge in [-0.1, -0.05) is 23.8 Å². The van der Waals surface area contributed by atoms with Gasteiger partial charge in [0.1, 0.15) is 5.75 Å². The minimum atomic E-state index is 0.317. The summed E-state index contributed by atoms with van der Waals surface area (Å²) in [5.74, 6) is 1.36. The molecule has 0 aliphatic carbocycles. The van der Waals surface area contributed by atoms with Crippen LogP contribution in [0.1, 0.15) is 18.9 Å². The molecule has 3 heteroatoms. The van der Waals surface area contributed by atoms with Crippen LogP contribution in [0.2, 0.25) is 0 Å². The molecule has 0 amide bonds. The number of nitrogens with zero attached hydrogens (tertiary/aromatic N) is 1. The predicted octanol–water partition coefficient (Wildman–Crippen LogP) is 2.41. The normalized spacial score (nSPS) is 20.8. The van der Waals surface area contributed by atoms with Crippen molar-refractivity contribution < 1.29 is 9.84 Å². The summed E-state index contributed by atoms with van der Waals surface area (Å²) in [7, 11) is 1.68. The number of likely N-dealkylation sites (tertiary alicyclic amines) is 1. The maximum Gasteiger partial charge on any atom is 0.118 e. The van der Waals surface area contributed by atoms with Crippen molar-refractivity contribution in [1.82, 2.24) is 4.90 Å². The SMILES string of the molecule is COc1ccc(/C=C(/C)CN2CCC(CO)C2)cc1. The quantitative estimate of drug-likeness (QED) is 0.883. The van der Waals surface area contributed by atoms with Gasteiger partial charge >= 0.3 is 0 Å². The van der Waals surface area contributed by atoms with Crippen molar-refractivity contribution >= 4 is 6.08 Å². The summed E-state index contributed by atoms with van der Waals surface area (Å²) < 4.78 is 5.15. The van der Waals surface area contributed by atoms with E-state index in [4.69, 9.17) is 9.84 Å². The Balaban J connectivity index is 1.91. The average molecular weight is 261 g/mol. The van der Waals surface area contributed by atoms with Crippen LogP contribution in [-0.4, -0.2) is 43.4 Å². The first-order valence-corrected chi connectivity index (χ1v) is 6.85. The molecule has 0 bridgehead atoms. The van der Waals surface area contributed by atoms with E-state index >= 15 is 0 Å². The number of hydrogen-bond acceptors (Lipinski definition) is 3. The molecule has 1 aliphatic heterocycles. The number of aliphatic hydroxyl groups excluding tert-OH is 1. The summed E-state index contributed by atoms with van der Waals surface area (Å²) in [6.07, 6.45) is 3.33. The molecule has 1 atom stereocenters. The van der Waals surface area contributed by atoms with Crippen LogP contribution in [0.4, 0.5) is 0 Å². The molecule has 1 saturated heterocycles. The highest BCUT2D eigenvalue weighted by Gasteiger charge is 2.21. The second-order valence-electron chi connectivity index (χ2n) is 5.34. The van der Waals surface area contributed by atoms with Gasteiger partial charge in [0.25, 0.3) is 0 Å². The van der Waals surface area contributed by atoms with Crippen molar-refractivity contribution in [2.75, 3.05) is 33.4 Å². The molecule has 1 aliphatic rings. The summed E-state index contributed by atoms with van der Waals surface area (Å²) in [6.45, 7) is 5.58. The Hall–Kier alpha value is -1.32. The Bertz CT molecular complexity index is 425.